The molecule has 2 heterocycles. The molecule has 1 amide bonds. The third-order valence-corrected chi connectivity index (χ3v) is 5.87. The second kappa shape index (κ2) is 7.86. The zero-order valence-corrected chi connectivity index (χ0v) is 16.4. The van der Waals surface area contributed by atoms with Crippen molar-refractivity contribution in [2.75, 3.05) is 5.73 Å². The molecule has 4 aromatic rings. The van der Waals surface area contributed by atoms with Crippen LogP contribution in [0.3, 0.4) is 0 Å². The Morgan fingerprint density at radius 1 is 1.18 bits per heavy atom. The lowest BCUT2D eigenvalue weighted by atomic mass is 10.0. The summed E-state index contributed by atoms with van der Waals surface area (Å²) in [5.41, 5.74) is 10.2. The summed E-state index contributed by atoms with van der Waals surface area (Å²) in [7, 11) is 0. The van der Waals surface area contributed by atoms with E-state index in [1.54, 1.807) is 11.3 Å². The van der Waals surface area contributed by atoms with Gasteiger partial charge in [0.05, 0.1) is 11.6 Å². The van der Waals surface area contributed by atoms with Crippen LogP contribution in [0.5, 0.6) is 0 Å². The maximum atomic E-state index is 12.1. The lowest BCUT2D eigenvalue weighted by Crippen LogP contribution is -2.28. The molecule has 4 rings (SSSR count). The van der Waals surface area contributed by atoms with Gasteiger partial charge in [0.1, 0.15) is 0 Å². The van der Waals surface area contributed by atoms with Crippen molar-refractivity contribution in [1.29, 1.82) is 0 Å². The van der Waals surface area contributed by atoms with E-state index in [-0.39, 0.29) is 11.9 Å². The topological polar surface area (TPSA) is 83.8 Å². The SMILES string of the molecule is CCC(=O)NC(Cc1ccccc1)c1cc(-c2ccc3c(N)n[nH]c3c2)cs1. The first-order valence-corrected chi connectivity index (χ1v) is 10.2. The minimum Gasteiger partial charge on any atom is -0.382 e. The Bertz CT molecular complexity index is 1100. The van der Waals surface area contributed by atoms with Gasteiger partial charge in [-0.05, 0) is 46.7 Å². The van der Waals surface area contributed by atoms with E-state index in [9.17, 15) is 4.79 Å². The molecule has 6 heteroatoms. The number of hydrogen-bond acceptors (Lipinski definition) is 4. The largest absolute Gasteiger partial charge is 0.382 e. The molecule has 1 atom stereocenters. The van der Waals surface area contributed by atoms with Crippen LogP contribution >= 0.6 is 11.3 Å². The van der Waals surface area contributed by atoms with Crippen LogP contribution in [0.2, 0.25) is 0 Å². The Balaban J connectivity index is 1.63. The van der Waals surface area contributed by atoms with Gasteiger partial charge in [-0.25, -0.2) is 0 Å². The van der Waals surface area contributed by atoms with Gasteiger partial charge in [-0.3, -0.25) is 9.89 Å². The molecule has 0 saturated carbocycles. The van der Waals surface area contributed by atoms with Crippen molar-refractivity contribution >= 4 is 34.0 Å². The lowest BCUT2D eigenvalue weighted by Gasteiger charge is -2.17. The average Bonchev–Trinajstić information content (AvgIpc) is 3.35. The summed E-state index contributed by atoms with van der Waals surface area (Å²) in [5, 5.41) is 13.3. The van der Waals surface area contributed by atoms with Gasteiger partial charge in [0.25, 0.3) is 0 Å². The number of nitrogens with one attached hydrogen (secondary N) is 2. The number of hydrogen-bond donors (Lipinski definition) is 3. The summed E-state index contributed by atoms with van der Waals surface area (Å²) in [6.45, 7) is 1.88. The van der Waals surface area contributed by atoms with E-state index < -0.39 is 0 Å². The Morgan fingerprint density at radius 2 is 2.00 bits per heavy atom. The molecule has 2 aromatic carbocycles. The van der Waals surface area contributed by atoms with Crippen LogP contribution in [0, 0.1) is 0 Å². The highest BCUT2D eigenvalue weighted by Crippen LogP contribution is 2.33. The van der Waals surface area contributed by atoms with Crippen molar-refractivity contribution in [2.24, 2.45) is 0 Å². The van der Waals surface area contributed by atoms with Crippen LogP contribution in [0.15, 0.2) is 60.0 Å². The maximum Gasteiger partial charge on any atom is 0.220 e. The van der Waals surface area contributed by atoms with Crippen molar-refractivity contribution < 1.29 is 4.79 Å². The van der Waals surface area contributed by atoms with Gasteiger partial charge in [0, 0.05) is 16.7 Å². The van der Waals surface area contributed by atoms with Crippen molar-refractivity contribution in [3.8, 4) is 11.1 Å². The van der Waals surface area contributed by atoms with Gasteiger partial charge < -0.3 is 11.1 Å². The molecule has 0 fully saturated rings. The number of carbonyl (C=O) groups is 1. The van der Waals surface area contributed by atoms with E-state index >= 15 is 0 Å². The molecule has 0 spiro atoms. The Labute approximate surface area is 167 Å². The van der Waals surface area contributed by atoms with E-state index in [4.69, 9.17) is 5.73 Å². The first-order valence-electron chi connectivity index (χ1n) is 9.29. The first-order chi connectivity index (χ1) is 13.6. The van der Waals surface area contributed by atoms with E-state index in [0.717, 1.165) is 33.3 Å². The number of H-pyrrole nitrogens is 1. The zero-order valence-electron chi connectivity index (χ0n) is 15.6. The minimum absolute atomic E-state index is 0.0415. The number of thiophene rings is 1. The number of benzene rings is 2. The van der Waals surface area contributed by atoms with Gasteiger partial charge >= 0.3 is 0 Å². The number of amides is 1. The van der Waals surface area contributed by atoms with Gasteiger partial charge in [0.15, 0.2) is 5.82 Å². The molecule has 5 nitrogen and oxygen atoms in total. The number of rotatable bonds is 6. The van der Waals surface area contributed by atoms with Crippen LogP contribution < -0.4 is 11.1 Å². The fourth-order valence-electron chi connectivity index (χ4n) is 3.28. The predicted molar refractivity (Wildman–Crippen MR) is 115 cm³/mol. The number of carbonyl (C=O) groups excluding carboxylic acids is 1. The summed E-state index contributed by atoms with van der Waals surface area (Å²) >= 11 is 1.67. The standard InChI is InChI=1S/C22H22N4OS/c1-2-21(27)24-19(10-14-6-4-3-5-7-14)20-12-16(13-28-20)15-8-9-17-18(11-15)25-26-22(17)23/h3-9,11-13,19H,2,10H2,1H3,(H,24,27)(H3,23,25,26). The van der Waals surface area contributed by atoms with E-state index in [0.29, 0.717) is 12.2 Å². The molecule has 0 aliphatic carbocycles. The maximum absolute atomic E-state index is 12.1. The lowest BCUT2D eigenvalue weighted by molar-refractivity contribution is -0.121. The summed E-state index contributed by atoms with van der Waals surface area (Å²) in [5.74, 6) is 0.572. The van der Waals surface area contributed by atoms with Crippen molar-refractivity contribution in [3.05, 3.63) is 70.4 Å². The molecule has 142 valence electrons. The van der Waals surface area contributed by atoms with Crippen LogP contribution in [0.1, 0.15) is 29.8 Å². The van der Waals surface area contributed by atoms with Crippen LogP contribution in [0.4, 0.5) is 5.82 Å². The molecule has 0 saturated heterocycles. The smallest absolute Gasteiger partial charge is 0.220 e. The first kappa shape index (κ1) is 18.3. The van der Waals surface area contributed by atoms with E-state index in [1.807, 2.05) is 31.2 Å². The molecule has 0 aliphatic heterocycles. The predicted octanol–water partition coefficient (Wildman–Crippen LogP) is 4.68. The van der Waals surface area contributed by atoms with Gasteiger partial charge in [0.2, 0.25) is 5.91 Å². The van der Waals surface area contributed by atoms with Gasteiger partial charge in [-0.2, -0.15) is 5.10 Å². The Morgan fingerprint density at radius 3 is 2.79 bits per heavy atom. The second-order valence-electron chi connectivity index (χ2n) is 6.77. The van der Waals surface area contributed by atoms with Crippen molar-refractivity contribution in [1.82, 2.24) is 15.5 Å². The highest BCUT2D eigenvalue weighted by Gasteiger charge is 2.17. The zero-order chi connectivity index (χ0) is 19.5. The van der Waals surface area contributed by atoms with Crippen molar-refractivity contribution in [2.45, 2.75) is 25.8 Å². The molecule has 1 unspecified atom stereocenters. The molecule has 0 aliphatic rings. The number of aromatic nitrogens is 2. The molecule has 28 heavy (non-hydrogen) atoms. The number of aromatic amines is 1. The fourth-order valence-corrected chi connectivity index (χ4v) is 4.24. The number of nitrogen functional groups attached to an aromatic ring is 1. The van der Waals surface area contributed by atoms with Gasteiger partial charge in [-0.15, -0.1) is 11.3 Å². The third-order valence-electron chi connectivity index (χ3n) is 4.83. The molecule has 0 radical (unpaired) electrons. The fraction of sp³-hybridized carbons (Fsp3) is 0.182. The quantitative estimate of drug-likeness (QED) is 0.447. The van der Waals surface area contributed by atoms with Crippen LogP contribution in [-0.4, -0.2) is 16.1 Å². The minimum atomic E-state index is -0.0415. The summed E-state index contributed by atoms with van der Waals surface area (Å²) in [4.78, 5) is 13.2. The summed E-state index contributed by atoms with van der Waals surface area (Å²) in [6, 6.07) is 18.5. The molecule has 0 bridgehead atoms. The highest BCUT2D eigenvalue weighted by molar-refractivity contribution is 7.10. The number of nitrogens with two attached hydrogens (primary N) is 1. The molecule has 2 aromatic heterocycles. The Kier molecular flexibility index (Phi) is 5.12. The monoisotopic (exact) mass is 390 g/mol. The Hall–Kier alpha value is -3.12. The number of anilines is 1. The second-order valence-corrected chi connectivity index (χ2v) is 7.71. The summed E-state index contributed by atoms with van der Waals surface area (Å²) < 4.78 is 0. The summed E-state index contributed by atoms with van der Waals surface area (Å²) in [6.07, 6.45) is 1.24. The van der Waals surface area contributed by atoms with E-state index in [1.165, 1.54) is 5.56 Å². The molecule has 4 N–H and O–H groups in total. The van der Waals surface area contributed by atoms with E-state index in [2.05, 4.69) is 51.2 Å². The highest BCUT2D eigenvalue weighted by atomic mass is 32.1. The third kappa shape index (κ3) is 3.77. The molecular formula is C22H22N4OS. The van der Waals surface area contributed by atoms with Crippen LogP contribution in [-0.2, 0) is 11.2 Å². The normalized spacial score (nSPS) is 12.2. The number of nitrogens with zero attached hydrogens (tertiary/aromatic N) is 1. The van der Waals surface area contributed by atoms with Gasteiger partial charge in [-0.1, -0.05) is 43.3 Å². The average molecular weight is 391 g/mol. The number of fused-ring (bicyclic) bond motifs is 1. The van der Waals surface area contributed by atoms with Crippen molar-refractivity contribution in [3.63, 3.8) is 0 Å². The molecular weight excluding hydrogens is 368 g/mol. The van der Waals surface area contributed by atoms with Crippen LogP contribution in [0.25, 0.3) is 22.0 Å².